The first-order chi connectivity index (χ1) is 13.1. The number of hydrogen-bond donors (Lipinski definition) is 1. The topological polar surface area (TPSA) is 84.7 Å². The second kappa shape index (κ2) is 7.66. The average molecular weight is 489 g/mol. The number of anilines is 1. The Kier molecular flexibility index (Phi) is 5.09. The van der Waals surface area contributed by atoms with E-state index in [0.717, 1.165) is 35.1 Å². The molecule has 0 spiro atoms. The van der Waals surface area contributed by atoms with Crippen molar-refractivity contribution in [2.75, 3.05) is 4.90 Å². The molecule has 5 rings (SSSR count). The van der Waals surface area contributed by atoms with Gasteiger partial charge in [0.25, 0.3) is 5.95 Å². The van der Waals surface area contributed by atoms with E-state index in [1.165, 1.54) is 22.3 Å². The van der Waals surface area contributed by atoms with Crippen LogP contribution in [0.15, 0.2) is 45.3 Å². The Hall–Kier alpha value is -2.44. The SMILES string of the molecule is Brc1ccc2c(c1)CN(c1nn[nH]n1)C2.N#CN1Cc2ccc(Br)cc2C1. The highest BCUT2D eigenvalue weighted by Crippen LogP contribution is 2.27. The minimum absolute atomic E-state index is 0.655. The second-order valence-electron chi connectivity index (χ2n) is 6.35. The number of nitrogens with zero attached hydrogens (tertiary/aromatic N) is 6. The minimum Gasteiger partial charge on any atom is -0.330 e. The maximum atomic E-state index is 8.67. The van der Waals surface area contributed by atoms with Crippen molar-refractivity contribution in [3.63, 3.8) is 0 Å². The molecule has 0 bridgehead atoms. The molecule has 1 N–H and O–H groups in total. The summed E-state index contributed by atoms with van der Waals surface area (Å²) in [5, 5.41) is 22.6. The van der Waals surface area contributed by atoms with Gasteiger partial charge < -0.3 is 9.80 Å². The molecule has 0 radical (unpaired) electrons. The van der Waals surface area contributed by atoms with Gasteiger partial charge in [0.15, 0.2) is 6.19 Å². The van der Waals surface area contributed by atoms with Crippen LogP contribution < -0.4 is 4.90 Å². The minimum atomic E-state index is 0.655. The quantitative estimate of drug-likeness (QED) is 0.525. The molecular formula is C18H15Br2N7. The first-order valence-corrected chi connectivity index (χ1v) is 9.88. The molecule has 0 amide bonds. The Labute approximate surface area is 173 Å². The van der Waals surface area contributed by atoms with E-state index in [1.54, 1.807) is 4.90 Å². The fourth-order valence-corrected chi connectivity index (χ4v) is 4.05. The van der Waals surface area contributed by atoms with Crippen LogP contribution in [0.5, 0.6) is 0 Å². The van der Waals surface area contributed by atoms with Gasteiger partial charge in [0.1, 0.15) is 0 Å². The van der Waals surface area contributed by atoms with E-state index in [0.29, 0.717) is 5.95 Å². The highest BCUT2D eigenvalue weighted by atomic mass is 79.9. The highest BCUT2D eigenvalue weighted by Gasteiger charge is 2.21. The van der Waals surface area contributed by atoms with Crippen LogP contribution in [-0.2, 0) is 26.2 Å². The molecule has 0 saturated carbocycles. The van der Waals surface area contributed by atoms with Crippen LogP contribution in [0.25, 0.3) is 0 Å². The number of aromatic nitrogens is 4. The van der Waals surface area contributed by atoms with Crippen molar-refractivity contribution < 1.29 is 0 Å². The number of aromatic amines is 1. The molecule has 2 aliphatic heterocycles. The summed E-state index contributed by atoms with van der Waals surface area (Å²) in [6, 6.07) is 12.5. The first kappa shape index (κ1) is 17.9. The molecule has 0 aliphatic carbocycles. The van der Waals surface area contributed by atoms with E-state index in [-0.39, 0.29) is 0 Å². The lowest BCUT2D eigenvalue weighted by atomic mass is 10.1. The van der Waals surface area contributed by atoms with E-state index >= 15 is 0 Å². The van der Waals surface area contributed by atoms with Crippen molar-refractivity contribution >= 4 is 37.8 Å². The highest BCUT2D eigenvalue weighted by molar-refractivity contribution is 9.10. The van der Waals surface area contributed by atoms with Crippen LogP contribution in [0.4, 0.5) is 5.95 Å². The summed E-state index contributed by atoms with van der Waals surface area (Å²) < 4.78 is 2.19. The molecule has 27 heavy (non-hydrogen) atoms. The number of rotatable bonds is 1. The lowest BCUT2D eigenvalue weighted by Crippen LogP contribution is -2.15. The van der Waals surface area contributed by atoms with Gasteiger partial charge in [-0.3, -0.25) is 0 Å². The van der Waals surface area contributed by atoms with E-state index in [4.69, 9.17) is 5.26 Å². The number of hydrogen-bond acceptors (Lipinski definition) is 6. The zero-order valence-electron chi connectivity index (χ0n) is 14.2. The molecule has 136 valence electrons. The molecule has 0 saturated heterocycles. The predicted octanol–water partition coefficient (Wildman–Crippen LogP) is 3.73. The van der Waals surface area contributed by atoms with Crippen LogP contribution in [0, 0.1) is 11.5 Å². The molecule has 3 aromatic rings. The van der Waals surface area contributed by atoms with Crippen molar-refractivity contribution in [2.45, 2.75) is 26.2 Å². The maximum Gasteiger partial charge on any atom is 0.266 e. The molecule has 7 nitrogen and oxygen atoms in total. The van der Waals surface area contributed by atoms with Crippen molar-refractivity contribution in [2.24, 2.45) is 0 Å². The molecule has 2 aromatic carbocycles. The predicted molar refractivity (Wildman–Crippen MR) is 107 cm³/mol. The van der Waals surface area contributed by atoms with Gasteiger partial charge in [-0.2, -0.15) is 10.5 Å². The first-order valence-electron chi connectivity index (χ1n) is 8.30. The van der Waals surface area contributed by atoms with Crippen LogP contribution in [0.1, 0.15) is 22.3 Å². The van der Waals surface area contributed by atoms with Crippen LogP contribution >= 0.6 is 31.9 Å². The van der Waals surface area contributed by atoms with Crippen molar-refractivity contribution in [1.82, 2.24) is 25.5 Å². The fraction of sp³-hybridized carbons (Fsp3) is 0.222. The zero-order valence-corrected chi connectivity index (χ0v) is 17.4. The van der Waals surface area contributed by atoms with Gasteiger partial charge in [0, 0.05) is 22.0 Å². The third-order valence-corrected chi connectivity index (χ3v) is 5.53. The van der Waals surface area contributed by atoms with Crippen LogP contribution in [0.3, 0.4) is 0 Å². The fourth-order valence-electron chi connectivity index (χ4n) is 3.23. The van der Waals surface area contributed by atoms with Gasteiger partial charge in [-0.05, 0) is 51.7 Å². The van der Waals surface area contributed by atoms with Gasteiger partial charge in [0.2, 0.25) is 0 Å². The Morgan fingerprint density at radius 3 is 2.11 bits per heavy atom. The van der Waals surface area contributed by atoms with Crippen molar-refractivity contribution in [3.8, 4) is 6.19 Å². The van der Waals surface area contributed by atoms with Crippen molar-refractivity contribution in [3.05, 3.63) is 67.6 Å². The molecule has 0 fully saturated rings. The number of nitrogens with one attached hydrogen (secondary N) is 1. The molecule has 0 atom stereocenters. The molecule has 0 unspecified atom stereocenters. The van der Waals surface area contributed by atoms with Gasteiger partial charge in [-0.1, -0.05) is 49.1 Å². The number of fused-ring (bicyclic) bond motifs is 2. The average Bonchev–Trinajstić information content (AvgIpc) is 3.39. The summed E-state index contributed by atoms with van der Waals surface area (Å²) in [4.78, 5) is 3.83. The third-order valence-electron chi connectivity index (χ3n) is 4.54. The number of benzene rings is 2. The number of tetrazole rings is 1. The number of nitriles is 1. The van der Waals surface area contributed by atoms with Gasteiger partial charge in [-0.25, -0.2) is 0 Å². The molecule has 1 aromatic heterocycles. The van der Waals surface area contributed by atoms with Gasteiger partial charge in [-0.15, -0.1) is 5.10 Å². The lowest BCUT2D eigenvalue weighted by molar-refractivity contribution is 0.417. The summed E-state index contributed by atoms with van der Waals surface area (Å²) >= 11 is 6.87. The molecular weight excluding hydrogens is 474 g/mol. The van der Waals surface area contributed by atoms with Crippen molar-refractivity contribution in [1.29, 1.82) is 5.26 Å². The van der Waals surface area contributed by atoms with E-state index in [9.17, 15) is 0 Å². The smallest absolute Gasteiger partial charge is 0.266 e. The van der Waals surface area contributed by atoms with Crippen LogP contribution in [-0.4, -0.2) is 25.5 Å². The standard InChI is InChI=1S/C9H8BrN5.C9H7BrN2/c10-8-2-1-6-4-15(5-7(6)3-8)9-11-13-14-12-9;10-9-2-1-7-4-12(6-11)5-8(7)3-9/h1-3H,4-5H2,(H,11,12,13,14);1-3H,4-5H2. The Bertz CT molecular complexity index is 997. The van der Waals surface area contributed by atoms with E-state index in [2.05, 4.69) is 93.9 Å². The maximum absolute atomic E-state index is 8.67. The summed E-state index contributed by atoms with van der Waals surface area (Å²) in [7, 11) is 0. The van der Waals surface area contributed by atoms with Crippen LogP contribution in [0.2, 0.25) is 0 Å². The summed E-state index contributed by atoms with van der Waals surface area (Å²) in [6.45, 7) is 3.21. The molecule has 3 heterocycles. The summed E-state index contributed by atoms with van der Waals surface area (Å²) in [5.74, 6) is 0.655. The Balaban J connectivity index is 0.000000137. The normalized spacial score (nSPS) is 14.3. The lowest BCUT2D eigenvalue weighted by Gasteiger charge is -2.10. The number of H-pyrrole nitrogens is 1. The summed E-state index contributed by atoms with van der Waals surface area (Å²) in [5.41, 5.74) is 5.16. The van der Waals surface area contributed by atoms with E-state index in [1.807, 2.05) is 6.07 Å². The van der Waals surface area contributed by atoms with E-state index < -0.39 is 0 Å². The van der Waals surface area contributed by atoms with Gasteiger partial charge >= 0.3 is 0 Å². The third kappa shape index (κ3) is 3.96. The Morgan fingerprint density at radius 1 is 0.889 bits per heavy atom. The zero-order chi connectivity index (χ0) is 18.8. The molecule has 9 heteroatoms. The second-order valence-corrected chi connectivity index (χ2v) is 8.18. The molecule has 2 aliphatic rings. The monoisotopic (exact) mass is 487 g/mol. The van der Waals surface area contributed by atoms with Gasteiger partial charge in [0.05, 0.1) is 13.1 Å². The summed E-state index contributed by atoms with van der Waals surface area (Å²) in [6.07, 6.45) is 2.15. The Morgan fingerprint density at radius 2 is 1.48 bits per heavy atom. The number of halogens is 2. The largest absolute Gasteiger partial charge is 0.330 e.